The first-order valence-electron chi connectivity index (χ1n) is 8.67. The maximum atomic E-state index is 13.3. The molecule has 0 aliphatic heterocycles. The molecular formula is C21H21ClN2O3S. The summed E-state index contributed by atoms with van der Waals surface area (Å²) in [6.07, 6.45) is 2.50. The fraction of sp³-hybridized carbons (Fsp3) is 0.238. The molecule has 146 valence electrons. The summed E-state index contributed by atoms with van der Waals surface area (Å²) in [7, 11) is -3.95. The fourth-order valence-corrected chi connectivity index (χ4v) is 4.58. The van der Waals surface area contributed by atoms with Crippen LogP contribution in [0.15, 0.2) is 66.1 Å². The van der Waals surface area contributed by atoms with Gasteiger partial charge < -0.3 is 0 Å². The molecule has 1 atom stereocenters. The highest BCUT2D eigenvalue weighted by molar-refractivity contribution is 7.89. The van der Waals surface area contributed by atoms with E-state index in [2.05, 4.69) is 6.58 Å². The van der Waals surface area contributed by atoms with Crippen LogP contribution < -0.4 is 0 Å². The van der Waals surface area contributed by atoms with Crippen molar-refractivity contribution >= 4 is 27.4 Å². The van der Waals surface area contributed by atoms with Gasteiger partial charge >= 0.3 is 0 Å². The lowest BCUT2D eigenvalue weighted by molar-refractivity contribution is -0.120. The summed E-state index contributed by atoms with van der Waals surface area (Å²) in [6, 6.07) is 13.7. The topological polar surface area (TPSA) is 78.2 Å². The van der Waals surface area contributed by atoms with E-state index in [0.717, 1.165) is 0 Å². The van der Waals surface area contributed by atoms with Crippen LogP contribution in [0, 0.1) is 11.3 Å². The minimum atomic E-state index is -3.95. The van der Waals surface area contributed by atoms with Crippen molar-refractivity contribution in [2.45, 2.75) is 37.2 Å². The Hall–Kier alpha value is -2.46. The summed E-state index contributed by atoms with van der Waals surface area (Å²) >= 11 is 5.88. The van der Waals surface area contributed by atoms with Gasteiger partial charge in [0.05, 0.1) is 22.6 Å². The first-order valence-corrected chi connectivity index (χ1v) is 10.5. The van der Waals surface area contributed by atoms with Crippen molar-refractivity contribution in [1.29, 1.82) is 5.26 Å². The summed E-state index contributed by atoms with van der Waals surface area (Å²) < 4.78 is 27.9. The molecule has 2 aromatic carbocycles. The van der Waals surface area contributed by atoms with E-state index in [9.17, 15) is 13.2 Å². The fourth-order valence-electron chi connectivity index (χ4n) is 2.80. The van der Waals surface area contributed by atoms with Crippen molar-refractivity contribution in [3.8, 4) is 6.07 Å². The molecule has 2 rings (SSSR count). The minimum Gasteiger partial charge on any atom is -0.298 e. The number of hydrogen-bond acceptors (Lipinski definition) is 4. The Morgan fingerprint density at radius 3 is 2.32 bits per heavy atom. The van der Waals surface area contributed by atoms with E-state index in [1.165, 1.54) is 35.5 Å². The van der Waals surface area contributed by atoms with Gasteiger partial charge in [0.1, 0.15) is 5.78 Å². The van der Waals surface area contributed by atoms with Crippen molar-refractivity contribution in [3.05, 3.63) is 77.3 Å². The number of benzene rings is 2. The van der Waals surface area contributed by atoms with Gasteiger partial charge in [-0.3, -0.25) is 4.79 Å². The third kappa shape index (κ3) is 5.29. The van der Waals surface area contributed by atoms with Crippen LogP contribution >= 0.6 is 11.6 Å². The lowest BCUT2D eigenvalue weighted by atomic mass is 10.1. The summed E-state index contributed by atoms with van der Waals surface area (Å²) in [5.74, 6) is -0.243. The van der Waals surface area contributed by atoms with Gasteiger partial charge in [0.2, 0.25) is 10.0 Å². The highest BCUT2D eigenvalue weighted by atomic mass is 35.5. The number of allylic oxidation sites excluding steroid dienone is 1. The molecule has 0 fully saturated rings. The molecule has 0 aromatic heterocycles. The zero-order chi connectivity index (χ0) is 20.7. The molecule has 2 aromatic rings. The van der Waals surface area contributed by atoms with E-state index in [1.807, 2.05) is 6.07 Å². The van der Waals surface area contributed by atoms with E-state index in [1.54, 1.807) is 30.3 Å². The molecule has 0 spiro atoms. The average molecular weight is 417 g/mol. The summed E-state index contributed by atoms with van der Waals surface area (Å²) in [5.41, 5.74) is 1.16. The number of carbonyl (C=O) groups is 1. The monoisotopic (exact) mass is 416 g/mol. The quantitative estimate of drug-likeness (QED) is 0.570. The van der Waals surface area contributed by atoms with E-state index in [-0.39, 0.29) is 17.2 Å². The molecule has 0 saturated carbocycles. The van der Waals surface area contributed by atoms with Crippen molar-refractivity contribution in [2.75, 3.05) is 0 Å². The van der Waals surface area contributed by atoms with Crippen molar-refractivity contribution in [3.63, 3.8) is 0 Å². The third-order valence-corrected chi connectivity index (χ3v) is 6.42. The van der Waals surface area contributed by atoms with E-state index < -0.39 is 16.1 Å². The Bertz CT molecular complexity index is 978. The molecule has 0 saturated heterocycles. The number of sulfonamides is 1. The average Bonchev–Trinajstić information content (AvgIpc) is 2.68. The second-order valence-electron chi connectivity index (χ2n) is 6.31. The first-order chi connectivity index (χ1) is 13.3. The highest BCUT2D eigenvalue weighted by Crippen LogP contribution is 2.25. The number of carbonyl (C=O) groups excluding carboxylic acids is 1. The summed E-state index contributed by atoms with van der Waals surface area (Å²) in [4.78, 5) is 12.4. The van der Waals surface area contributed by atoms with Crippen LogP contribution in [0.4, 0.5) is 0 Å². The van der Waals surface area contributed by atoms with Crippen LogP contribution in [0.25, 0.3) is 0 Å². The van der Waals surface area contributed by atoms with Crippen LogP contribution in [0.2, 0.25) is 5.02 Å². The molecule has 0 heterocycles. The molecule has 28 heavy (non-hydrogen) atoms. The number of Topliss-reactive ketones (excluding diaryl/α,β-unsaturated/α-hetero) is 1. The van der Waals surface area contributed by atoms with Crippen molar-refractivity contribution in [1.82, 2.24) is 4.31 Å². The zero-order valence-electron chi connectivity index (χ0n) is 15.5. The molecule has 7 heteroatoms. The maximum Gasteiger partial charge on any atom is 0.244 e. The van der Waals surface area contributed by atoms with Crippen molar-refractivity contribution in [2.24, 2.45) is 0 Å². The number of hydrogen-bond donors (Lipinski definition) is 0. The Labute approximate surface area is 170 Å². The Morgan fingerprint density at radius 1 is 1.21 bits per heavy atom. The maximum absolute atomic E-state index is 13.3. The van der Waals surface area contributed by atoms with E-state index >= 15 is 0 Å². The Morgan fingerprint density at radius 2 is 1.82 bits per heavy atom. The largest absolute Gasteiger partial charge is 0.298 e. The molecule has 0 aliphatic carbocycles. The third-order valence-electron chi connectivity index (χ3n) is 4.30. The van der Waals surface area contributed by atoms with Crippen LogP contribution in [0.5, 0.6) is 0 Å². The van der Waals surface area contributed by atoms with Crippen LogP contribution in [-0.4, -0.2) is 24.5 Å². The van der Waals surface area contributed by atoms with Crippen LogP contribution in [-0.2, 0) is 21.4 Å². The number of nitriles is 1. The van der Waals surface area contributed by atoms with Crippen LogP contribution in [0.3, 0.4) is 0 Å². The molecule has 0 N–H and O–H groups in total. The molecular weight excluding hydrogens is 396 g/mol. The van der Waals surface area contributed by atoms with Gasteiger partial charge in [-0.25, -0.2) is 8.42 Å². The molecule has 0 radical (unpaired) electrons. The van der Waals surface area contributed by atoms with E-state index in [4.69, 9.17) is 16.9 Å². The number of halogens is 1. The van der Waals surface area contributed by atoms with Crippen LogP contribution in [0.1, 0.15) is 30.9 Å². The molecule has 0 amide bonds. The van der Waals surface area contributed by atoms with Crippen molar-refractivity contribution < 1.29 is 13.2 Å². The van der Waals surface area contributed by atoms with E-state index in [0.29, 0.717) is 29.0 Å². The van der Waals surface area contributed by atoms with Gasteiger partial charge in [0, 0.05) is 11.6 Å². The predicted octanol–water partition coefficient (Wildman–Crippen LogP) is 4.33. The number of ketones is 1. The first kappa shape index (κ1) is 21.8. The smallest absolute Gasteiger partial charge is 0.244 e. The highest BCUT2D eigenvalue weighted by Gasteiger charge is 2.33. The second-order valence-corrected chi connectivity index (χ2v) is 8.63. The Kier molecular flexibility index (Phi) is 7.53. The normalized spacial score (nSPS) is 12.4. The molecule has 0 bridgehead atoms. The lowest BCUT2D eigenvalue weighted by Crippen LogP contribution is -2.43. The molecule has 0 aliphatic rings. The number of rotatable bonds is 9. The van der Waals surface area contributed by atoms with Gasteiger partial charge in [-0.15, -0.1) is 6.58 Å². The molecule has 1 unspecified atom stereocenters. The van der Waals surface area contributed by atoms with Gasteiger partial charge in [0.15, 0.2) is 0 Å². The minimum absolute atomic E-state index is 0.0120. The predicted molar refractivity (Wildman–Crippen MR) is 109 cm³/mol. The van der Waals surface area contributed by atoms with Gasteiger partial charge in [-0.1, -0.05) is 29.8 Å². The summed E-state index contributed by atoms with van der Waals surface area (Å²) in [5, 5.41) is 9.37. The SMILES string of the molecule is C=CCCC(C(C)=O)N(Cc1ccc(C#N)cc1)S(=O)(=O)c1ccc(Cl)cc1. The summed E-state index contributed by atoms with van der Waals surface area (Å²) in [6.45, 7) is 5.06. The van der Waals surface area contributed by atoms with Gasteiger partial charge in [-0.2, -0.15) is 9.57 Å². The number of nitrogens with zero attached hydrogens (tertiary/aromatic N) is 2. The van der Waals surface area contributed by atoms with Gasteiger partial charge in [0.25, 0.3) is 0 Å². The molecule has 5 nitrogen and oxygen atoms in total. The zero-order valence-corrected chi connectivity index (χ0v) is 17.1. The standard InChI is InChI=1S/C21H21ClN2O3S/c1-3-4-5-21(16(2)25)24(15-18-8-6-17(14-23)7-9-18)28(26,27)20-12-10-19(22)11-13-20/h3,6-13,21H,1,4-5,15H2,2H3. The van der Waals surface area contributed by atoms with Gasteiger partial charge in [-0.05, 0) is 61.7 Å². The Balaban J connectivity index is 2.49. The second kappa shape index (κ2) is 9.65. The lowest BCUT2D eigenvalue weighted by Gasteiger charge is -2.29.